The summed E-state index contributed by atoms with van der Waals surface area (Å²) < 4.78 is 5.49. The lowest BCUT2D eigenvalue weighted by molar-refractivity contribution is 0.0984. The first-order valence-corrected chi connectivity index (χ1v) is 13.0. The van der Waals surface area contributed by atoms with Crippen molar-refractivity contribution in [2.24, 2.45) is 0 Å². The number of carbonyl (C=O) groups is 2. The predicted octanol–water partition coefficient (Wildman–Crippen LogP) is 6.01. The van der Waals surface area contributed by atoms with E-state index in [1.807, 2.05) is 78.8 Å². The van der Waals surface area contributed by atoms with Crippen LogP contribution in [0.1, 0.15) is 38.3 Å². The molecule has 37 heavy (non-hydrogen) atoms. The molecule has 2 heterocycles. The highest BCUT2D eigenvalue weighted by molar-refractivity contribution is 7.14. The smallest absolute Gasteiger partial charge is 0.258 e. The highest BCUT2D eigenvalue weighted by Gasteiger charge is 2.25. The van der Waals surface area contributed by atoms with Gasteiger partial charge in [0, 0.05) is 41.4 Å². The molecule has 1 aliphatic rings. The molecule has 5 rings (SSSR count). The van der Waals surface area contributed by atoms with Crippen molar-refractivity contribution in [2.45, 2.75) is 19.8 Å². The van der Waals surface area contributed by atoms with Crippen LogP contribution in [0.25, 0.3) is 11.3 Å². The molecule has 0 saturated heterocycles. The number of amides is 2. The van der Waals surface area contributed by atoms with Gasteiger partial charge in [-0.1, -0.05) is 17.7 Å². The van der Waals surface area contributed by atoms with Crippen LogP contribution in [0.2, 0.25) is 0 Å². The molecule has 0 bridgehead atoms. The zero-order valence-electron chi connectivity index (χ0n) is 21.0. The maximum Gasteiger partial charge on any atom is 0.258 e. The van der Waals surface area contributed by atoms with Crippen molar-refractivity contribution >= 4 is 39.7 Å². The standard InChI is InChI=1S/C29H28N4O3S/c1-18-6-4-7-22(14-18)28(35)33-13-5-8-20-15-21(9-11-25(20)33)27(34)31-23-16-19(10-12-26(23)36-3)24-17-37-29(30-2)32-24/h4,6-7,9-12,14-17H,5,8,13H2,1-3H3,(H,30,32)(H,31,34). The van der Waals surface area contributed by atoms with Gasteiger partial charge in [-0.2, -0.15) is 0 Å². The van der Waals surface area contributed by atoms with E-state index >= 15 is 0 Å². The highest BCUT2D eigenvalue weighted by atomic mass is 32.1. The van der Waals surface area contributed by atoms with Crippen LogP contribution >= 0.6 is 11.3 Å². The number of methoxy groups -OCH3 is 1. The molecular weight excluding hydrogens is 484 g/mol. The third-order valence-electron chi connectivity index (χ3n) is 6.43. The van der Waals surface area contributed by atoms with E-state index in [4.69, 9.17) is 4.74 Å². The minimum absolute atomic E-state index is 0.0214. The average molecular weight is 513 g/mol. The van der Waals surface area contributed by atoms with E-state index in [0.29, 0.717) is 29.1 Å². The van der Waals surface area contributed by atoms with E-state index in [2.05, 4.69) is 15.6 Å². The Morgan fingerprint density at radius 2 is 1.92 bits per heavy atom. The summed E-state index contributed by atoms with van der Waals surface area (Å²) in [6, 6.07) is 18.8. The second-order valence-corrected chi connectivity index (χ2v) is 9.79. The lowest BCUT2D eigenvalue weighted by atomic mass is 9.98. The molecule has 0 radical (unpaired) electrons. The van der Waals surface area contributed by atoms with Gasteiger partial charge in [-0.15, -0.1) is 11.3 Å². The largest absolute Gasteiger partial charge is 0.495 e. The molecule has 1 aromatic heterocycles. The van der Waals surface area contributed by atoms with Crippen molar-refractivity contribution < 1.29 is 14.3 Å². The molecule has 4 aromatic rings. The molecule has 0 aliphatic carbocycles. The second-order valence-electron chi connectivity index (χ2n) is 8.93. The summed E-state index contributed by atoms with van der Waals surface area (Å²) in [5, 5.41) is 8.82. The SMILES string of the molecule is CNc1nc(-c2ccc(OC)c(NC(=O)c3ccc4c(c3)CCCN4C(=O)c3cccc(C)c3)c2)cs1. The fourth-order valence-electron chi connectivity index (χ4n) is 4.56. The van der Waals surface area contributed by atoms with Gasteiger partial charge in [-0.05, 0) is 73.9 Å². The van der Waals surface area contributed by atoms with Gasteiger partial charge in [0.15, 0.2) is 5.13 Å². The fourth-order valence-corrected chi connectivity index (χ4v) is 5.24. The van der Waals surface area contributed by atoms with E-state index in [1.165, 1.54) is 11.3 Å². The van der Waals surface area contributed by atoms with Crippen molar-refractivity contribution in [1.29, 1.82) is 0 Å². The molecule has 7 nitrogen and oxygen atoms in total. The number of thiazole rings is 1. The number of fused-ring (bicyclic) bond motifs is 1. The number of hydrogen-bond acceptors (Lipinski definition) is 6. The zero-order valence-corrected chi connectivity index (χ0v) is 21.8. The Kier molecular flexibility index (Phi) is 6.92. The molecule has 0 unspecified atom stereocenters. The van der Waals surface area contributed by atoms with E-state index in [1.54, 1.807) is 13.2 Å². The minimum Gasteiger partial charge on any atom is -0.495 e. The second kappa shape index (κ2) is 10.4. The molecule has 8 heteroatoms. The van der Waals surface area contributed by atoms with E-state index in [0.717, 1.165) is 46.0 Å². The van der Waals surface area contributed by atoms with Gasteiger partial charge >= 0.3 is 0 Å². The van der Waals surface area contributed by atoms with E-state index in [-0.39, 0.29) is 11.8 Å². The number of ether oxygens (including phenoxy) is 1. The summed E-state index contributed by atoms with van der Waals surface area (Å²) in [4.78, 5) is 32.9. The fraction of sp³-hybridized carbons (Fsp3) is 0.207. The summed E-state index contributed by atoms with van der Waals surface area (Å²) in [5.74, 6) is 0.301. The Labute approximate surface area is 220 Å². The summed E-state index contributed by atoms with van der Waals surface area (Å²) in [7, 11) is 3.41. The average Bonchev–Trinajstić information content (AvgIpc) is 3.41. The Morgan fingerprint density at radius 1 is 1.05 bits per heavy atom. The van der Waals surface area contributed by atoms with Crippen LogP contribution in [0.5, 0.6) is 5.75 Å². The van der Waals surface area contributed by atoms with Crippen LogP contribution in [0.15, 0.2) is 66.0 Å². The summed E-state index contributed by atoms with van der Waals surface area (Å²) in [5.41, 5.74) is 6.36. The van der Waals surface area contributed by atoms with Gasteiger partial charge in [-0.25, -0.2) is 4.98 Å². The number of anilines is 3. The third kappa shape index (κ3) is 5.06. The van der Waals surface area contributed by atoms with Crippen molar-refractivity contribution in [1.82, 2.24) is 4.98 Å². The van der Waals surface area contributed by atoms with Crippen LogP contribution in [0.3, 0.4) is 0 Å². The van der Waals surface area contributed by atoms with Gasteiger partial charge in [0.25, 0.3) is 11.8 Å². The van der Waals surface area contributed by atoms with Crippen LogP contribution in [-0.4, -0.2) is 37.5 Å². The van der Waals surface area contributed by atoms with Crippen molar-refractivity contribution in [3.8, 4) is 17.0 Å². The molecule has 3 aromatic carbocycles. The molecule has 188 valence electrons. The summed E-state index contributed by atoms with van der Waals surface area (Å²) in [6.45, 7) is 2.63. The maximum atomic E-state index is 13.3. The Balaban J connectivity index is 1.39. The highest BCUT2D eigenvalue weighted by Crippen LogP contribution is 2.33. The van der Waals surface area contributed by atoms with Gasteiger partial charge in [0.2, 0.25) is 0 Å². The quantitative estimate of drug-likeness (QED) is 0.330. The number of nitrogens with one attached hydrogen (secondary N) is 2. The van der Waals surface area contributed by atoms with Crippen molar-refractivity contribution in [3.05, 3.63) is 88.3 Å². The van der Waals surface area contributed by atoms with Crippen LogP contribution in [0, 0.1) is 6.92 Å². The molecule has 0 saturated carbocycles. The van der Waals surface area contributed by atoms with Gasteiger partial charge in [0.1, 0.15) is 5.75 Å². The first kappa shape index (κ1) is 24.5. The Hall–Kier alpha value is -4.17. The number of aromatic nitrogens is 1. The third-order valence-corrected chi connectivity index (χ3v) is 7.29. The molecule has 0 atom stereocenters. The first-order chi connectivity index (χ1) is 18.0. The topological polar surface area (TPSA) is 83.6 Å². The molecule has 1 aliphatic heterocycles. The predicted molar refractivity (Wildman–Crippen MR) is 149 cm³/mol. The van der Waals surface area contributed by atoms with E-state index < -0.39 is 0 Å². The lowest BCUT2D eigenvalue weighted by Gasteiger charge is -2.30. The molecule has 0 spiro atoms. The lowest BCUT2D eigenvalue weighted by Crippen LogP contribution is -2.35. The van der Waals surface area contributed by atoms with Crippen LogP contribution < -0.4 is 20.3 Å². The zero-order chi connectivity index (χ0) is 25.9. The Bertz CT molecular complexity index is 1480. The molecule has 0 fully saturated rings. The maximum absolute atomic E-state index is 13.3. The number of benzene rings is 3. The first-order valence-electron chi connectivity index (χ1n) is 12.1. The van der Waals surface area contributed by atoms with E-state index in [9.17, 15) is 9.59 Å². The number of rotatable bonds is 6. The van der Waals surface area contributed by atoms with Crippen molar-refractivity contribution in [2.75, 3.05) is 36.2 Å². The van der Waals surface area contributed by atoms with Gasteiger partial charge in [0.05, 0.1) is 18.5 Å². The monoisotopic (exact) mass is 512 g/mol. The summed E-state index contributed by atoms with van der Waals surface area (Å²) in [6.07, 6.45) is 1.65. The number of aryl methyl sites for hydroxylation is 2. The Morgan fingerprint density at radius 3 is 2.68 bits per heavy atom. The van der Waals surface area contributed by atoms with Crippen LogP contribution in [0.4, 0.5) is 16.5 Å². The molecule has 2 N–H and O–H groups in total. The van der Waals surface area contributed by atoms with Gasteiger partial charge in [-0.3, -0.25) is 9.59 Å². The molecule has 2 amide bonds. The van der Waals surface area contributed by atoms with Gasteiger partial charge < -0.3 is 20.3 Å². The van der Waals surface area contributed by atoms with Crippen molar-refractivity contribution in [3.63, 3.8) is 0 Å². The summed E-state index contributed by atoms with van der Waals surface area (Å²) >= 11 is 1.52. The number of carbonyl (C=O) groups excluding carboxylic acids is 2. The van der Waals surface area contributed by atoms with Crippen LogP contribution in [-0.2, 0) is 6.42 Å². The normalized spacial score (nSPS) is 12.6. The molecular formula is C29H28N4O3S. The number of hydrogen-bond donors (Lipinski definition) is 2. The number of nitrogens with zero attached hydrogens (tertiary/aromatic N) is 2. The minimum atomic E-state index is -0.241.